The van der Waals surface area contributed by atoms with Crippen LogP contribution in [0.25, 0.3) is 0 Å². The standard InChI is InChI=1S/C11H11F3O3S/c1-2-16-9(15)8(11(12,13)14)10-17-6-4-3-5-7(6)18-10/h4,7H,2-3,5H2,1H3/b10-8-. The van der Waals surface area contributed by atoms with Gasteiger partial charge in [-0.3, -0.25) is 0 Å². The van der Waals surface area contributed by atoms with E-state index in [1.165, 1.54) is 6.92 Å². The molecule has 0 aromatic heterocycles. The molecule has 0 aromatic carbocycles. The minimum atomic E-state index is -4.77. The fourth-order valence-electron chi connectivity index (χ4n) is 1.76. The van der Waals surface area contributed by atoms with Crippen LogP contribution < -0.4 is 0 Å². The van der Waals surface area contributed by atoms with Crippen LogP contribution in [0.5, 0.6) is 0 Å². The Morgan fingerprint density at radius 3 is 2.89 bits per heavy atom. The second-order valence-electron chi connectivity index (χ2n) is 3.77. The molecule has 0 saturated carbocycles. The van der Waals surface area contributed by atoms with Gasteiger partial charge in [0.2, 0.25) is 0 Å². The lowest BCUT2D eigenvalue weighted by Crippen LogP contribution is -2.23. The van der Waals surface area contributed by atoms with Gasteiger partial charge in [0.05, 0.1) is 11.9 Å². The van der Waals surface area contributed by atoms with Gasteiger partial charge in [-0.2, -0.15) is 13.2 Å². The number of carbonyl (C=O) groups excluding carboxylic acids is 1. The molecule has 0 aromatic rings. The highest BCUT2D eigenvalue weighted by atomic mass is 32.2. The summed E-state index contributed by atoms with van der Waals surface area (Å²) in [4.78, 5) is 11.4. The quantitative estimate of drug-likeness (QED) is 0.575. The van der Waals surface area contributed by atoms with Crippen LogP contribution in [0.15, 0.2) is 22.5 Å². The van der Waals surface area contributed by atoms with Crippen LogP contribution in [0.2, 0.25) is 0 Å². The van der Waals surface area contributed by atoms with E-state index in [1.54, 1.807) is 6.08 Å². The molecule has 0 N–H and O–H groups in total. The summed E-state index contributed by atoms with van der Waals surface area (Å²) < 4.78 is 48.1. The Kier molecular flexibility index (Phi) is 3.61. The second kappa shape index (κ2) is 4.87. The first kappa shape index (κ1) is 13.3. The molecule has 0 radical (unpaired) electrons. The van der Waals surface area contributed by atoms with Crippen molar-refractivity contribution in [2.45, 2.75) is 31.2 Å². The molecule has 1 fully saturated rings. The van der Waals surface area contributed by atoms with Gasteiger partial charge in [0.1, 0.15) is 5.76 Å². The van der Waals surface area contributed by atoms with E-state index >= 15 is 0 Å². The Morgan fingerprint density at radius 1 is 1.61 bits per heavy atom. The summed E-state index contributed by atoms with van der Waals surface area (Å²) in [5, 5.41) is -0.497. The van der Waals surface area contributed by atoms with E-state index in [1.807, 2.05) is 0 Å². The molecule has 7 heteroatoms. The number of thioether (sulfide) groups is 1. The van der Waals surface area contributed by atoms with Crippen molar-refractivity contribution in [3.8, 4) is 0 Å². The molecule has 1 heterocycles. The number of carbonyl (C=O) groups is 1. The molecule has 100 valence electrons. The highest BCUT2D eigenvalue weighted by Crippen LogP contribution is 2.48. The third kappa shape index (κ3) is 2.50. The number of halogens is 3. The molecule has 0 bridgehead atoms. The number of hydrogen-bond donors (Lipinski definition) is 0. The maximum absolute atomic E-state index is 12.9. The molecular formula is C11H11F3O3S. The Balaban J connectivity index is 2.32. The third-order valence-corrected chi connectivity index (χ3v) is 3.77. The minimum absolute atomic E-state index is 0.105. The summed E-state index contributed by atoms with van der Waals surface area (Å²) in [6.45, 7) is 1.35. The van der Waals surface area contributed by atoms with Crippen molar-refractivity contribution in [3.05, 3.63) is 22.5 Å². The van der Waals surface area contributed by atoms with Crippen molar-refractivity contribution >= 4 is 17.7 Å². The summed E-state index contributed by atoms with van der Waals surface area (Å²) in [5.41, 5.74) is -1.34. The van der Waals surface area contributed by atoms with Gasteiger partial charge in [-0.25, -0.2) is 4.79 Å². The first-order chi connectivity index (χ1) is 8.43. The number of rotatable bonds is 2. The number of ether oxygens (including phenoxy) is 2. The Morgan fingerprint density at radius 2 is 2.33 bits per heavy atom. The predicted octanol–water partition coefficient (Wildman–Crippen LogP) is 3.13. The second-order valence-corrected chi connectivity index (χ2v) is 4.95. The van der Waals surface area contributed by atoms with Gasteiger partial charge >= 0.3 is 12.1 Å². The zero-order valence-electron chi connectivity index (χ0n) is 9.54. The van der Waals surface area contributed by atoms with Crippen molar-refractivity contribution in [1.82, 2.24) is 0 Å². The first-order valence-electron chi connectivity index (χ1n) is 5.46. The molecule has 3 nitrogen and oxygen atoms in total. The number of fused-ring (bicyclic) bond motifs is 1. The molecular weight excluding hydrogens is 269 g/mol. The van der Waals surface area contributed by atoms with E-state index in [4.69, 9.17) is 4.74 Å². The normalized spacial score (nSPS) is 25.3. The zero-order chi connectivity index (χ0) is 13.3. The third-order valence-electron chi connectivity index (χ3n) is 2.52. The van der Waals surface area contributed by atoms with E-state index in [0.29, 0.717) is 5.76 Å². The van der Waals surface area contributed by atoms with Crippen molar-refractivity contribution < 1.29 is 27.4 Å². The Bertz CT molecular complexity index is 426. The van der Waals surface area contributed by atoms with Crippen LogP contribution in [-0.4, -0.2) is 24.0 Å². The first-order valence-corrected chi connectivity index (χ1v) is 6.34. The molecule has 1 unspecified atom stereocenters. The fourth-order valence-corrected chi connectivity index (χ4v) is 3.00. The molecule has 18 heavy (non-hydrogen) atoms. The lowest BCUT2D eigenvalue weighted by molar-refractivity contribution is -0.150. The maximum Gasteiger partial charge on any atom is 0.427 e. The largest absolute Gasteiger partial charge is 0.462 e. The Hall–Kier alpha value is -1.11. The van der Waals surface area contributed by atoms with E-state index < -0.39 is 22.8 Å². The predicted molar refractivity (Wildman–Crippen MR) is 59.5 cm³/mol. The van der Waals surface area contributed by atoms with Crippen molar-refractivity contribution in [1.29, 1.82) is 0 Å². The van der Waals surface area contributed by atoms with Gasteiger partial charge in [0, 0.05) is 0 Å². The number of alkyl halides is 3. The molecule has 1 aliphatic heterocycles. The molecule has 2 rings (SSSR count). The minimum Gasteiger partial charge on any atom is -0.462 e. The van der Waals surface area contributed by atoms with E-state index in [-0.39, 0.29) is 11.9 Å². The maximum atomic E-state index is 12.9. The average molecular weight is 280 g/mol. The van der Waals surface area contributed by atoms with Crippen LogP contribution >= 0.6 is 11.8 Å². The lowest BCUT2D eigenvalue weighted by Gasteiger charge is -2.12. The monoisotopic (exact) mass is 280 g/mol. The van der Waals surface area contributed by atoms with Gasteiger partial charge in [-0.15, -0.1) is 0 Å². The van der Waals surface area contributed by atoms with Crippen LogP contribution in [0, 0.1) is 0 Å². The zero-order valence-corrected chi connectivity index (χ0v) is 10.4. The van der Waals surface area contributed by atoms with Crippen LogP contribution in [0.4, 0.5) is 13.2 Å². The highest BCUT2D eigenvalue weighted by molar-refractivity contribution is 8.04. The van der Waals surface area contributed by atoms with Gasteiger partial charge in [-0.1, -0.05) is 11.8 Å². The van der Waals surface area contributed by atoms with Crippen molar-refractivity contribution in [3.63, 3.8) is 0 Å². The van der Waals surface area contributed by atoms with Gasteiger partial charge in [-0.05, 0) is 25.8 Å². The molecule has 1 atom stereocenters. The van der Waals surface area contributed by atoms with Gasteiger partial charge < -0.3 is 9.47 Å². The molecule has 0 amide bonds. The topological polar surface area (TPSA) is 35.5 Å². The highest BCUT2D eigenvalue weighted by Gasteiger charge is 2.47. The van der Waals surface area contributed by atoms with Crippen molar-refractivity contribution in [2.75, 3.05) is 6.61 Å². The number of hydrogen-bond acceptors (Lipinski definition) is 4. The van der Waals surface area contributed by atoms with Crippen molar-refractivity contribution in [2.24, 2.45) is 0 Å². The van der Waals surface area contributed by atoms with Crippen LogP contribution in [-0.2, 0) is 14.3 Å². The smallest absolute Gasteiger partial charge is 0.427 e. The molecule has 1 aliphatic carbocycles. The summed E-state index contributed by atoms with van der Waals surface area (Å²) in [7, 11) is 0. The van der Waals surface area contributed by atoms with Gasteiger partial charge in [0.25, 0.3) is 0 Å². The summed E-state index contributed by atoms with van der Waals surface area (Å²) in [6, 6.07) is 0. The summed E-state index contributed by atoms with van der Waals surface area (Å²) in [6.07, 6.45) is -1.49. The van der Waals surface area contributed by atoms with Crippen LogP contribution in [0.3, 0.4) is 0 Å². The lowest BCUT2D eigenvalue weighted by atomic mass is 10.3. The average Bonchev–Trinajstić information content (AvgIpc) is 2.75. The SMILES string of the molecule is CCOC(=O)/C(=C1\OC2=CCCC2S1)C(F)(F)F. The molecule has 2 aliphatic rings. The van der Waals surface area contributed by atoms with E-state index in [9.17, 15) is 18.0 Å². The molecule has 1 saturated heterocycles. The summed E-state index contributed by atoms with van der Waals surface area (Å²) >= 11 is 0.939. The molecule has 0 spiro atoms. The summed E-state index contributed by atoms with van der Waals surface area (Å²) in [5.74, 6) is -0.867. The fraction of sp³-hybridized carbons (Fsp3) is 0.545. The van der Waals surface area contributed by atoms with E-state index in [0.717, 1.165) is 24.6 Å². The Labute approximate surface area is 106 Å². The van der Waals surface area contributed by atoms with Crippen LogP contribution in [0.1, 0.15) is 19.8 Å². The number of esters is 1. The van der Waals surface area contributed by atoms with Gasteiger partial charge in [0.15, 0.2) is 10.7 Å². The van der Waals surface area contributed by atoms with E-state index in [2.05, 4.69) is 4.74 Å². The number of allylic oxidation sites excluding steroid dienone is 1.